The van der Waals surface area contributed by atoms with Crippen molar-refractivity contribution in [2.75, 3.05) is 11.4 Å². The number of ketones is 1. The summed E-state index contributed by atoms with van der Waals surface area (Å²) in [4.78, 5) is 23.3. The molecule has 0 saturated heterocycles. The number of anilines is 1. The van der Waals surface area contributed by atoms with Crippen molar-refractivity contribution >= 4 is 17.4 Å². The normalized spacial score (nSPS) is 15.1. The fourth-order valence-electron chi connectivity index (χ4n) is 1.80. The SMILES string of the molecule is O=C1C(=O)N(CCC(F)(F)F)c2c(F)cc(F)cc21. The molecule has 19 heavy (non-hydrogen) atoms. The van der Waals surface area contributed by atoms with Gasteiger partial charge < -0.3 is 4.90 Å². The first-order chi connectivity index (χ1) is 8.70. The number of alkyl halides is 3. The van der Waals surface area contributed by atoms with E-state index in [2.05, 4.69) is 0 Å². The molecule has 0 saturated carbocycles. The highest BCUT2D eigenvalue weighted by Crippen LogP contribution is 2.33. The monoisotopic (exact) mass is 279 g/mol. The van der Waals surface area contributed by atoms with Gasteiger partial charge in [-0.2, -0.15) is 13.2 Å². The maximum atomic E-state index is 13.5. The van der Waals surface area contributed by atoms with E-state index >= 15 is 0 Å². The molecule has 1 aliphatic heterocycles. The van der Waals surface area contributed by atoms with Crippen LogP contribution in [0.15, 0.2) is 12.1 Å². The summed E-state index contributed by atoms with van der Waals surface area (Å²) in [5, 5.41) is 0. The molecule has 1 amide bonds. The van der Waals surface area contributed by atoms with Crippen LogP contribution in [0.5, 0.6) is 0 Å². The molecule has 8 heteroatoms. The lowest BCUT2D eigenvalue weighted by Crippen LogP contribution is -2.33. The number of amides is 1. The number of hydrogen-bond acceptors (Lipinski definition) is 2. The zero-order valence-corrected chi connectivity index (χ0v) is 9.22. The van der Waals surface area contributed by atoms with Gasteiger partial charge >= 0.3 is 6.18 Å². The fourth-order valence-corrected chi connectivity index (χ4v) is 1.80. The first-order valence-electron chi connectivity index (χ1n) is 5.12. The highest BCUT2D eigenvalue weighted by molar-refractivity contribution is 6.52. The van der Waals surface area contributed by atoms with E-state index in [0.29, 0.717) is 17.0 Å². The van der Waals surface area contributed by atoms with E-state index in [1.54, 1.807) is 0 Å². The molecule has 1 heterocycles. The molecule has 0 aliphatic carbocycles. The molecular formula is C11H6F5NO2. The third-order valence-electron chi connectivity index (χ3n) is 2.60. The van der Waals surface area contributed by atoms with Crippen LogP contribution in [0.4, 0.5) is 27.6 Å². The number of halogens is 5. The third kappa shape index (κ3) is 2.42. The van der Waals surface area contributed by atoms with Crippen molar-refractivity contribution in [1.29, 1.82) is 0 Å². The van der Waals surface area contributed by atoms with Crippen molar-refractivity contribution in [3.05, 3.63) is 29.3 Å². The van der Waals surface area contributed by atoms with Gasteiger partial charge in [-0.25, -0.2) is 8.78 Å². The average Bonchev–Trinajstić information content (AvgIpc) is 2.50. The summed E-state index contributed by atoms with van der Waals surface area (Å²) in [6, 6.07) is 1.04. The highest BCUT2D eigenvalue weighted by atomic mass is 19.4. The van der Waals surface area contributed by atoms with Crippen LogP contribution in [0.2, 0.25) is 0 Å². The van der Waals surface area contributed by atoms with Gasteiger partial charge in [0.05, 0.1) is 17.7 Å². The lowest BCUT2D eigenvalue weighted by Gasteiger charge is -2.17. The van der Waals surface area contributed by atoms with Crippen LogP contribution in [0.1, 0.15) is 16.8 Å². The summed E-state index contributed by atoms with van der Waals surface area (Å²) in [5.74, 6) is -4.81. The van der Waals surface area contributed by atoms with E-state index < -0.39 is 53.7 Å². The zero-order chi connectivity index (χ0) is 14.4. The largest absolute Gasteiger partial charge is 0.390 e. The summed E-state index contributed by atoms with van der Waals surface area (Å²) >= 11 is 0. The Bertz CT molecular complexity index is 567. The number of fused-ring (bicyclic) bond motifs is 1. The van der Waals surface area contributed by atoms with E-state index in [9.17, 15) is 31.5 Å². The van der Waals surface area contributed by atoms with Gasteiger partial charge in [0.2, 0.25) is 0 Å². The Balaban J connectivity index is 2.39. The van der Waals surface area contributed by atoms with Gasteiger partial charge in [-0.05, 0) is 6.07 Å². The quantitative estimate of drug-likeness (QED) is 0.616. The molecular weight excluding hydrogens is 273 g/mol. The van der Waals surface area contributed by atoms with Gasteiger partial charge in [0, 0.05) is 12.6 Å². The topological polar surface area (TPSA) is 37.4 Å². The van der Waals surface area contributed by atoms with E-state index in [4.69, 9.17) is 0 Å². The number of Topliss-reactive ketones (excluding diaryl/α,β-unsaturated/α-hetero) is 1. The Kier molecular flexibility index (Phi) is 3.03. The van der Waals surface area contributed by atoms with Crippen molar-refractivity contribution < 1.29 is 31.5 Å². The van der Waals surface area contributed by atoms with Gasteiger partial charge in [-0.15, -0.1) is 0 Å². The summed E-state index contributed by atoms with van der Waals surface area (Å²) < 4.78 is 62.7. The van der Waals surface area contributed by atoms with E-state index in [0.717, 1.165) is 0 Å². The van der Waals surface area contributed by atoms with E-state index in [1.165, 1.54) is 0 Å². The van der Waals surface area contributed by atoms with Crippen molar-refractivity contribution in [2.45, 2.75) is 12.6 Å². The Hall–Kier alpha value is -1.99. The molecule has 102 valence electrons. The molecule has 2 rings (SSSR count). The number of nitrogens with zero attached hydrogens (tertiary/aromatic N) is 1. The summed E-state index contributed by atoms with van der Waals surface area (Å²) in [7, 11) is 0. The van der Waals surface area contributed by atoms with Crippen molar-refractivity contribution in [2.24, 2.45) is 0 Å². The maximum absolute atomic E-state index is 13.5. The molecule has 0 fully saturated rings. The Labute approximate surface area is 103 Å². The smallest absolute Gasteiger partial charge is 0.302 e. The molecule has 3 nitrogen and oxygen atoms in total. The summed E-state index contributed by atoms with van der Waals surface area (Å²) in [6.07, 6.45) is -5.94. The Morgan fingerprint density at radius 1 is 1.11 bits per heavy atom. The molecule has 0 unspecified atom stereocenters. The lowest BCUT2D eigenvalue weighted by atomic mass is 10.1. The minimum absolute atomic E-state index is 0.389. The Morgan fingerprint density at radius 2 is 1.74 bits per heavy atom. The summed E-state index contributed by atoms with van der Waals surface area (Å²) in [6.45, 7) is -0.885. The first kappa shape index (κ1) is 13.4. The van der Waals surface area contributed by atoms with Crippen molar-refractivity contribution in [1.82, 2.24) is 0 Å². The zero-order valence-electron chi connectivity index (χ0n) is 9.22. The summed E-state index contributed by atoms with van der Waals surface area (Å²) in [5.41, 5.74) is -1.15. The molecule has 1 aromatic carbocycles. The molecule has 0 bridgehead atoms. The van der Waals surface area contributed by atoms with Crippen LogP contribution >= 0.6 is 0 Å². The van der Waals surface area contributed by atoms with Crippen LogP contribution in [0.3, 0.4) is 0 Å². The van der Waals surface area contributed by atoms with Crippen LogP contribution in [0, 0.1) is 11.6 Å². The fraction of sp³-hybridized carbons (Fsp3) is 0.273. The minimum atomic E-state index is -4.55. The second-order valence-corrected chi connectivity index (χ2v) is 3.93. The van der Waals surface area contributed by atoms with Crippen molar-refractivity contribution in [3.63, 3.8) is 0 Å². The molecule has 0 spiro atoms. The maximum Gasteiger partial charge on any atom is 0.390 e. The number of rotatable bonds is 2. The second kappa shape index (κ2) is 4.29. The second-order valence-electron chi connectivity index (χ2n) is 3.93. The van der Waals surface area contributed by atoms with E-state index in [-0.39, 0.29) is 0 Å². The number of carbonyl (C=O) groups excluding carboxylic acids is 2. The number of carbonyl (C=O) groups is 2. The highest BCUT2D eigenvalue weighted by Gasteiger charge is 2.40. The lowest BCUT2D eigenvalue weighted by molar-refractivity contribution is -0.133. The first-order valence-corrected chi connectivity index (χ1v) is 5.12. The minimum Gasteiger partial charge on any atom is -0.302 e. The Morgan fingerprint density at radius 3 is 2.32 bits per heavy atom. The van der Waals surface area contributed by atoms with Gasteiger partial charge in [0.15, 0.2) is 5.82 Å². The molecule has 1 aliphatic rings. The predicted molar refractivity (Wildman–Crippen MR) is 53.7 cm³/mol. The molecule has 1 aromatic rings. The average molecular weight is 279 g/mol. The molecule has 0 aromatic heterocycles. The van der Waals surface area contributed by atoms with E-state index in [1.807, 2.05) is 0 Å². The van der Waals surface area contributed by atoms with Crippen LogP contribution in [0.25, 0.3) is 0 Å². The van der Waals surface area contributed by atoms with Crippen LogP contribution < -0.4 is 4.90 Å². The van der Waals surface area contributed by atoms with Crippen molar-refractivity contribution in [3.8, 4) is 0 Å². The van der Waals surface area contributed by atoms with Gasteiger partial charge in [0.25, 0.3) is 11.7 Å². The van der Waals surface area contributed by atoms with Crippen LogP contribution in [-0.4, -0.2) is 24.4 Å². The number of hydrogen-bond donors (Lipinski definition) is 0. The third-order valence-corrected chi connectivity index (χ3v) is 2.60. The van der Waals surface area contributed by atoms with Gasteiger partial charge in [-0.3, -0.25) is 9.59 Å². The number of benzene rings is 1. The standard InChI is InChI=1S/C11H6F5NO2/c12-5-3-6-8(7(13)4-5)17(10(19)9(6)18)2-1-11(14,15)16/h3-4H,1-2H2. The van der Waals surface area contributed by atoms with Crippen LogP contribution in [-0.2, 0) is 4.79 Å². The van der Waals surface area contributed by atoms with Gasteiger partial charge in [0.1, 0.15) is 5.82 Å². The molecule has 0 N–H and O–H groups in total. The molecule has 0 radical (unpaired) electrons. The molecule has 0 atom stereocenters. The van der Waals surface area contributed by atoms with Gasteiger partial charge in [-0.1, -0.05) is 0 Å². The predicted octanol–water partition coefficient (Wildman–Crippen LogP) is 2.45.